The molecule has 0 amide bonds. The molecule has 0 aliphatic carbocycles. The minimum absolute atomic E-state index is 0.0989. The third-order valence-corrected chi connectivity index (χ3v) is 5.06. The molecule has 0 aliphatic heterocycles. The lowest BCUT2D eigenvalue weighted by Crippen LogP contribution is -2.33. The van der Waals surface area contributed by atoms with Crippen LogP contribution < -0.4 is 0 Å². The SMILES string of the molecule is CC(C)CCCCCOC(=O)CC(C(=O)OCCCCCC(C)C)C(C)(C)C. The molecule has 0 aromatic heterocycles. The molecule has 0 aliphatic rings. The van der Waals surface area contributed by atoms with Crippen LogP contribution in [-0.4, -0.2) is 25.2 Å². The Bertz CT molecular complexity index is 421. The minimum Gasteiger partial charge on any atom is -0.466 e. The molecule has 0 bridgehead atoms. The molecule has 0 saturated carbocycles. The third kappa shape index (κ3) is 14.9. The second kappa shape index (κ2) is 14.9. The van der Waals surface area contributed by atoms with Crippen LogP contribution in [0.3, 0.4) is 0 Å². The van der Waals surface area contributed by atoms with Crippen LogP contribution >= 0.6 is 0 Å². The smallest absolute Gasteiger partial charge is 0.310 e. The Morgan fingerprint density at radius 1 is 0.714 bits per heavy atom. The fraction of sp³-hybridized carbons (Fsp3) is 0.917. The third-order valence-electron chi connectivity index (χ3n) is 5.06. The van der Waals surface area contributed by atoms with Gasteiger partial charge in [-0.1, -0.05) is 87.0 Å². The summed E-state index contributed by atoms with van der Waals surface area (Å²) in [5.41, 5.74) is -0.328. The van der Waals surface area contributed by atoms with E-state index in [0.717, 1.165) is 31.6 Å². The van der Waals surface area contributed by atoms with E-state index in [1.165, 1.54) is 25.7 Å². The van der Waals surface area contributed by atoms with Crippen molar-refractivity contribution in [3.05, 3.63) is 0 Å². The molecule has 0 fully saturated rings. The Labute approximate surface area is 174 Å². The summed E-state index contributed by atoms with van der Waals surface area (Å²) in [7, 11) is 0. The van der Waals surface area contributed by atoms with Crippen molar-refractivity contribution in [3.8, 4) is 0 Å². The number of ether oxygens (including phenoxy) is 2. The van der Waals surface area contributed by atoms with Gasteiger partial charge >= 0.3 is 11.9 Å². The monoisotopic (exact) mass is 398 g/mol. The van der Waals surface area contributed by atoms with Gasteiger partial charge in [-0.15, -0.1) is 0 Å². The fourth-order valence-electron chi connectivity index (χ4n) is 3.09. The van der Waals surface area contributed by atoms with Crippen molar-refractivity contribution in [2.45, 2.75) is 106 Å². The molecule has 28 heavy (non-hydrogen) atoms. The van der Waals surface area contributed by atoms with Crippen molar-refractivity contribution >= 4 is 11.9 Å². The summed E-state index contributed by atoms with van der Waals surface area (Å²) in [6, 6.07) is 0. The first-order valence-electron chi connectivity index (χ1n) is 11.4. The fourth-order valence-corrected chi connectivity index (χ4v) is 3.09. The maximum Gasteiger partial charge on any atom is 0.310 e. The predicted octanol–water partition coefficient (Wildman–Crippen LogP) is 6.56. The highest BCUT2D eigenvalue weighted by Crippen LogP contribution is 2.30. The summed E-state index contributed by atoms with van der Waals surface area (Å²) in [5, 5.41) is 0. The quantitative estimate of drug-likeness (QED) is 0.231. The van der Waals surface area contributed by atoms with Crippen LogP contribution in [0.1, 0.15) is 106 Å². The van der Waals surface area contributed by atoms with Crippen LogP contribution in [0.15, 0.2) is 0 Å². The maximum atomic E-state index is 12.5. The van der Waals surface area contributed by atoms with E-state index in [2.05, 4.69) is 27.7 Å². The molecule has 0 radical (unpaired) electrons. The van der Waals surface area contributed by atoms with Gasteiger partial charge in [0.25, 0.3) is 0 Å². The topological polar surface area (TPSA) is 52.6 Å². The van der Waals surface area contributed by atoms with Crippen LogP contribution in [0, 0.1) is 23.2 Å². The van der Waals surface area contributed by atoms with E-state index >= 15 is 0 Å². The van der Waals surface area contributed by atoms with Crippen molar-refractivity contribution < 1.29 is 19.1 Å². The van der Waals surface area contributed by atoms with Gasteiger partial charge in [0.15, 0.2) is 0 Å². The normalized spacial score (nSPS) is 13.0. The highest BCUT2D eigenvalue weighted by molar-refractivity contribution is 5.80. The van der Waals surface area contributed by atoms with Crippen molar-refractivity contribution in [1.29, 1.82) is 0 Å². The average Bonchev–Trinajstić information content (AvgIpc) is 2.57. The van der Waals surface area contributed by atoms with Crippen LogP contribution in [0.5, 0.6) is 0 Å². The molecular formula is C24H46O4. The zero-order chi connectivity index (χ0) is 21.6. The number of hydrogen-bond donors (Lipinski definition) is 0. The van der Waals surface area contributed by atoms with E-state index < -0.39 is 5.92 Å². The van der Waals surface area contributed by atoms with Crippen LogP contribution in [0.25, 0.3) is 0 Å². The van der Waals surface area contributed by atoms with Crippen molar-refractivity contribution in [2.75, 3.05) is 13.2 Å². The molecule has 1 atom stereocenters. The molecule has 0 aromatic carbocycles. The number of hydrogen-bond acceptors (Lipinski definition) is 4. The summed E-state index contributed by atoms with van der Waals surface area (Å²) < 4.78 is 10.8. The first-order chi connectivity index (χ1) is 13.0. The molecule has 0 saturated heterocycles. The summed E-state index contributed by atoms with van der Waals surface area (Å²) in [6.07, 6.45) is 8.78. The summed E-state index contributed by atoms with van der Waals surface area (Å²) >= 11 is 0. The second-order valence-electron chi connectivity index (χ2n) is 10.00. The summed E-state index contributed by atoms with van der Waals surface area (Å²) in [5.74, 6) is 0.407. The van der Waals surface area contributed by atoms with Gasteiger partial charge in [0.2, 0.25) is 0 Å². The Morgan fingerprint density at radius 2 is 1.18 bits per heavy atom. The molecule has 0 aromatic rings. The standard InChI is InChI=1S/C24H46O4/c1-19(2)14-10-8-12-16-27-22(25)18-21(24(5,6)7)23(26)28-17-13-9-11-15-20(3)4/h19-21H,8-18H2,1-7H3. The number of carbonyl (C=O) groups excluding carboxylic acids is 2. The highest BCUT2D eigenvalue weighted by Gasteiger charge is 2.35. The van der Waals surface area contributed by atoms with Crippen LogP contribution in [-0.2, 0) is 19.1 Å². The molecule has 166 valence electrons. The van der Waals surface area contributed by atoms with Gasteiger partial charge < -0.3 is 9.47 Å². The number of unbranched alkanes of at least 4 members (excludes halogenated alkanes) is 4. The van der Waals surface area contributed by atoms with Crippen LogP contribution in [0.4, 0.5) is 0 Å². The first kappa shape index (κ1) is 26.9. The van der Waals surface area contributed by atoms with Crippen molar-refractivity contribution in [1.82, 2.24) is 0 Å². The van der Waals surface area contributed by atoms with E-state index in [9.17, 15) is 9.59 Å². The molecule has 0 heterocycles. The number of esters is 2. The lowest BCUT2D eigenvalue weighted by atomic mass is 9.79. The molecule has 4 nitrogen and oxygen atoms in total. The highest BCUT2D eigenvalue weighted by atomic mass is 16.5. The maximum absolute atomic E-state index is 12.5. The Morgan fingerprint density at radius 3 is 1.61 bits per heavy atom. The van der Waals surface area contributed by atoms with Gasteiger partial charge in [-0.2, -0.15) is 0 Å². The van der Waals surface area contributed by atoms with Crippen LogP contribution in [0.2, 0.25) is 0 Å². The zero-order valence-electron chi connectivity index (χ0n) is 19.6. The van der Waals surface area contributed by atoms with E-state index in [-0.39, 0.29) is 23.8 Å². The summed E-state index contributed by atoms with van der Waals surface area (Å²) in [6.45, 7) is 15.7. The van der Waals surface area contributed by atoms with E-state index in [4.69, 9.17) is 9.47 Å². The van der Waals surface area contributed by atoms with Gasteiger partial charge in [-0.3, -0.25) is 9.59 Å². The Balaban J connectivity index is 4.18. The number of rotatable bonds is 15. The molecule has 4 heteroatoms. The molecule has 0 rings (SSSR count). The average molecular weight is 399 g/mol. The largest absolute Gasteiger partial charge is 0.466 e. The van der Waals surface area contributed by atoms with Gasteiger partial charge in [-0.05, 0) is 30.1 Å². The molecule has 0 N–H and O–H groups in total. The minimum atomic E-state index is -0.461. The predicted molar refractivity (Wildman–Crippen MR) is 116 cm³/mol. The first-order valence-corrected chi connectivity index (χ1v) is 11.4. The van der Waals surface area contributed by atoms with Crippen molar-refractivity contribution in [3.63, 3.8) is 0 Å². The zero-order valence-corrected chi connectivity index (χ0v) is 19.6. The van der Waals surface area contributed by atoms with Gasteiger partial charge in [0.1, 0.15) is 0 Å². The summed E-state index contributed by atoms with van der Waals surface area (Å²) in [4.78, 5) is 24.7. The Kier molecular flexibility index (Phi) is 14.3. The second-order valence-corrected chi connectivity index (χ2v) is 10.00. The molecule has 0 spiro atoms. The molecule has 1 unspecified atom stereocenters. The van der Waals surface area contributed by atoms with E-state index in [1.807, 2.05) is 20.8 Å². The Hall–Kier alpha value is -1.06. The van der Waals surface area contributed by atoms with Crippen molar-refractivity contribution in [2.24, 2.45) is 23.2 Å². The van der Waals surface area contributed by atoms with E-state index in [0.29, 0.717) is 19.1 Å². The number of carbonyl (C=O) groups is 2. The van der Waals surface area contributed by atoms with Gasteiger partial charge in [-0.25, -0.2) is 0 Å². The molecular weight excluding hydrogens is 352 g/mol. The lowest BCUT2D eigenvalue weighted by molar-refractivity contribution is -0.159. The van der Waals surface area contributed by atoms with Gasteiger partial charge in [0.05, 0.1) is 25.6 Å². The lowest BCUT2D eigenvalue weighted by Gasteiger charge is -2.28. The van der Waals surface area contributed by atoms with E-state index in [1.54, 1.807) is 0 Å². The van der Waals surface area contributed by atoms with Gasteiger partial charge in [0, 0.05) is 0 Å².